The van der Waals surface area contributed by atoms with Gasteiger partial charge in [-0.05, 0) is 53.2 Å². The molecule has 0 radical (unpaired) electrons. The Morgan fingerprint density at radius 3 is 2.41 bits per heavy atom. The second-order valence-electron chi connectivity index (χ2n) is 5.59. The van der Waals surface area contributed by atoms with Crippen molar-refractivity contribution in [1.29, 1.82) is 0 Å². The molecular formula is C19H21BrN2O5. The minimum Gasteiger partial charge on any atom is -0.490 e. The molecule has 8 heteroatoms. The van der Waals surface area contributed by atoms with Crippen LogP contribution < -0.4 is 20.3 Å². The average molecular weight is 437 g/mol. The van der Waals surface area contributed by atoms with Crippen LogP contribution in [0.1, 0.15) is 15.9 Å². The summed E-state index contributed by atoms with van der Waals surface area (Å²) in [5, 5.41) is 0. The lowest BCUT2D eigenvalue weighted by Crippen LogP contribution is -2.43. The number of hydrogen-bond acceptors (Lipinski definition) is 5. The maximum Gasteiger partial charge on any atom is 0.276 e. The van der Waals surface area contributed by atoms with Gasteiger partial charge in [-0.15, -0.1) is 0 Å². The van der Waals surface area contributed by atoms with E-state index in [2.05, 4.69) is 26.8 Å². The highest BCUT2D eigenvalue weighted by molar-refractivity contribution is 9.10. The van der Waals surface area contributed by atoms with Gasteiger partial charge >= 0.3 is 0 Å². The van der Waals surface area contributed by atoms with E-state index in [4.69, 9.17) is 14.2 Å². The highest BCUT2D eigenvalue weighted by atomic mass is 79.9. The molecule has 0 aromatic heterocycles. The van der Waals surface area contributed by atoms with Gasteiger partial charge in [-0.25, -0.2) is 0 Å². The Balaban J connectivity index is 1.79. The molecule has 0 bridgehead atoms. The first-order valence-corrected chi connectivity index (χ1v) is 8.99. The summed E-state index contributed by atoms with van der Waals surface area (Å²) in [7, 11) is 1.59. The number of nitrogens with one attached hydrogen (secondary N) is 2. The quantitative estimate of drug-likeness (QED) is 0.490. The summed E-state index contributed by atoms with van der Waals surface area (Å²) in [6, 6.07) is 12.2. The van der Waals surface area contributed by atoms with Crippen LogP contribution in [-0.2, 0) is 9.53 Å². The summed E-state index contributed by atoms with van der Waals surface area (Å²) >= 11 is 3.35. The molecule has 0 fully saturated rings. The maximum atomic E-state index is 12.1. The number of aryl methyl sites for hydroxylation is 1. The Bertz CT molecular complexity index is 780. The molecule has 2 aromatic rings. The van der Waals surface area contributed by atoms with Gasteiger partial charge in [0.2, 0.25) is 0 Å². The summed E-state index contributed by atoms with van der Waals surface area (Å²) < 4.78 is 16.4. The number of benzene rings is 2. The third kappa shape index (κ3) is 6.92. The van der Waals surface area contributed by atoms with E-state index in [1.165, 1.54) is 0 Å². The van der Waals surface area contributed by atoms with Crippen molar-refractivity contribution < 1.29 is 23.8 Å². The van der Waals surface area contributed by atoms with Crippen molar-refractivity contribution in [3.8, 4) is 11.5 Å². The molecule has 0 saturated carbocycles. The highest BCUT2D eigenvalue weighted by Crippen LogP contribution is 2.25. The van der Waals surface area contributed by atoms with Crippen LogP contribution in [-0.4, -0.2) is 38.7 Å². The monoisotopic (exact) mass is 436 g/mol. The van der Waals surface area contributed by atoms with Gasteiger partial charge in [0, 0.05) is 12.7 Å². The number of hydrogen-bond donors (Lipinski definition) is 2. The molecule has 0 spiro atoms. The zero-order chi connectivity index (χ0) is 19.6. The molecule has 144 valence electrons. The molecule has 2 rings (SSSR count). The number of hydrazine groups is 1. The van der Waals surface area contributed by atoms with Crippen LogP contribution >= 0.6 is 15.9 Å². The molecular weight excluding hydrogens is 416 g/mol. The topological polar surface area (TPSA) is 85.9 Å². The van der Waals surface area contributed by atoms with Gasteiger partial charge in [0.25, 0.3) is 11.8 Å². The van der Waals surface area contributed by atoms with Crippen LogP contribution in [0.4, 0.5) is 0 Å². The van der Waals surface area contributed by atoms with Crippen LogP contribution in [0.2, 0.25) is 0 Å². The maximum absolute atomic E-state index is 12.1. The number of carbonyl (C=O) groups excluding carboxylic acids is 2. The van der Waals surface area contributed by atoms with Gasteiger partial charge in [0.15, 0.2) is 6.61 Å². The number of methoxy groups -OCH3 is 1. The van der Waals surface area contributed by atoms with E-state index in [1.54, 1.807) is 37.4 Å². The third-order valence-corrected chi connectivity index (χ3v) is 4.07. The zero-order valence-electron chi connectivity index (χ0n) is 15.1. The minimum atomic E-state index is -0.470. The number of ether oxygens (including phenoxy) is 3. The van der Waals surface area contributed by atoms with Gasteiger partial charge in [0.05, 0.1) is 11.1 Å². The number of amides is 2. The van der Waals surface area contributed by atoms with Gasteiger partial charge in [-0.1, -0.05) is 17.7 Å². The van der Waals surface area contributed by atoms with Gasteiger partial charge < -0.3 is 14.2 Å². The predicted octanol–water partition coefficient (Wildman–Crippen LogP) is 2.62. The van der Waals surface area contributed by atoms with Crippen LogP contribution in [0.3, 0.4) is 0 Å². The van der Waals surface area contributed by atoms with Crippen molar-refractivity contribution >= 4 is 27.7 Å². The first-order valence-electron chi connectivity index (χ1n) is 8.19. The average Bonchev–Trinajstić information content (AvgIpc) is 2.67. The zero-order valence-corrected chi connectivity index (χ0v) is 16.7. The molecule has 27 heavy (non-hydrogen) atoms. The Kier molecular flexibility index (Phi) is 8.09. The molecule has 2 aromatic carbocycles. The van der Waals surface area contributed by atoms with Crippen molar-refractivity contribution in [2.45, 2.75) is 6.92 Å². The molecule has 0 unspecified atom stereocenters. The van der Waals surface area contributed by atoms with E-state index >= 15 is 0 Å². The van der Waals surface area contributed by atoms with Crippen LogP contribution in [0.25, 0.3) is 0 Å². The number of carbonyl (C=O) groups is 2. The second kappa shape index (κ2) is 10.5. The summed E-state index contributed by atoms with van der Waals surface area (Å²) in [5.74, 6) is 0.250. The summed E-state index contributed by atoms with van der Waals surface area (Å²) in [4.78, 5) is 23.9. The molecule has 2 amide bonds. The first kappa shape index (κ1) is 20.7. The fourth-order valence-electron chi connectivity index (χ4n) is 2.01. The highest BCUT2D eigenvalue weighted by Gasteiger charge is 2.11. The van der Waals surface area contributed by atoms with Crippen LogP contribution in [0.15, 0.2) is 46.9 Å². The number of rotatable bonds is 8. The Morgan fingerprint density at radius 2 is 1.74 bits per heavy atom. The molecule has 0 saturated heterocycles. The van der Waals surface area contributed by atoms with E-state index in [-0.39, 0.29) is 6.61 Å². The van der Waals surface area contributed by atoms with E-state index in [9.17, 15) is 9.59 Å². The summed E-state index contributed by atoms with van der Waals surface area (Å²) in [5.41, 5.74) is 6.11. The largest absolute Gasteiger partial charge is 0.490 e. The van der Waals surface area contributed by atoms with E-state index in [0.29, 0.717) is 34.7 Å². The predicted molar refractivity (Wildman–Crippen MR) is 104 cm³/mol. The molecule has 0 heterocycles. The van der Waals surface area contributed by atoms with Crippen molar-refractivity contribution in [3.63, 3.8) is 0 Å². The van der Waals surface area contributed by atoms with Crippen molar-refractivity contribution in [3.05, 3.63) is 58.1 Å². The van der Waals surface area contributed by atoms with Crippen LogP contribution in [0.5, 0.6) is 11.5 Å². The minimum absolute atomic E-state index is 0.209. The summed E-state index contributed by atoms with van der Waals surface area (Å²) in [6.07, 6.45) is 0. The summed E-state index contributed by atoms with van der Waals surface area (Å²) in [6.45, 7) is 2.62. The lowest BCUT2D eigenvalue weighted by Gasteiger charge is -2.11. The second-order valence-corrected chi connectivity index (χ2v) is 6.44. The molecule has 0 aliphatic carbocycles. The van der Waals surface area contributed by atoms with Gasteiger partial charge in [-0.3, -0.25) is 20.4 Å². The van der Waals surface area contributed by atoms with E-state index in [1.807, 2.05) is 19.1 Å². The standard InChI is InChI=1S/C19H21BrN2O5/c1-13-3-6-15(7-4-13)27-12-18(23)21-22-19(24)14-5-8-17(16(20)11-14)26-10-9-25-2/h3-8,11H,9-10,12H2,1-2H3,(H,21,23)(H,22,24). The van der Waals surface area contributed by atoms with Crippen LogP contribution in [0, 0.1) is 6.92 Å². The smallest absolute Gasteiger partial charge is 0.276 e. The van der Waals surface area contributed by atoms with Gasteiger partial charge in [-0.2, -0.15) is 0 Å². The lowest BCUT2D eigenvalue weighted by atomic mass is 10.2. The number of halogens is 1. The third-order valence-electron chi connectivity index (χ3n) is 3.45. The van der Waals surface area contributed by atoms with Crippen molar-refractivity contribution in [1.82, 2.24) is 10.9 Å². The van der Waals surface area contributed by atoms with E-state index in [0.717, 1.165) is 5.56 Å². The van der Waals surface area contributed by atoms with E-state index < -0.39 is 11.8 Å². The lowest BCUT2D eigenvalue weighted by molar-refractivity contribution is -0.123. The first-order chi connectivity index (χ1) is 13.0. The SMILES string of the molecule is COCCOc1ccc(C(=O)NNC(=O)COc2ccc(C)cc2)cc1Br. The molecule has 0 atom stereocenters. The fraction of sp³-hybridized carbons (Fsp3) is 0.263. The molecule has 7 nitrogen and oxygen atoms in total. The Hall–Kier alpha value is -2.58. The van der Waals surface area contributed by atoms with Gasteiger partial charge in [0.1, 0.15) is 18.1 Å². The van der Waals surface area contributed by atoms with Crippen molar-refractivity contribution in [2.75, 3.05) is 26.9 Å². The Labute approximate surface area is 166 Å². The molecule has 0 aliphatic rings. The normalized spacial score (nSPS) is 10.2. The van der Waals surface area contributed by atoms with Crippen molar-refractivity contribution in [2.24, 2.45) is 0 Å². The fourth-order valence-corrected chi connectivity index (χ4v) is 2.51. The molecule has 2 N–H and O–H groups in total. The molecule has 0 aliphatic heterocycles. The Morgan fingerprint density at radius 1 is 1.00 bits per heavy atom.